The van der Waals surface area contributed by atoms with E-state index in [1.165, 1.54) is 23.5 Å². The third-order valence-corrected chi connectivity index (χ3v) is 10.3. The molecule has 1 heterocycles. The van der Waals surface area contributed by atoms with E-state index >= 15 is 0 Å². The third-order valence-electron chi connectivity index (χ3n) is 7.70. The quantitative estimate of drug-likeness (QED) is 0.0677. The highest BCUT2D eigenvalue weighted by Crippen LogP contribution is 2.59. The van der Waals surface area contributed by atoms with Crippen molar-refractivity contribution in [2.45, 2.75) is 100 Å². The Labute approximate surface area is 256 Å². The number of nitriles is 1. The highest BCUT2D eigenvalue weighted by molar-refractivity contribution is 8.24. The number of hydrogen-bond acceptors (Lipinski definition) is 9. The molecule has 0 saturated heterocycles. The lowest BCUT2D eigenvalue weighted by Crippen LogP contribution is -2.29. The number of ether oxygens (including phenoxy) is 4. The first-order valence-electron chi connectivity index (χ1n) is 14.6. The first-order chi connectivity index (χ1) is 20.5. The normalized spacial score (nSPS) is 24.3. The van der Waals surface area contributed by atoms with Crippen LogP contribution in [0.15, 0.2) is 31.9 Å². The van der Waals surface area contributed by atoms with Crippen molar-refractivity contribution in [3.63, 3.8) is 0 Å². The van der Waals surface area contributed by atoms with Gasteiger partial charge in [0.1, 0.15) is 18.1 Å². The van der Waals surface area contributed by atoms with Gasteiger partial charge in [0.15, 0.2) is 0 Å². The van der Waals surface area contributed by atoms with Crippen LogP contribution in [0.2, 0.25) is 0 Å². The summed E-state index contributed by atoms with van der Waals surface area (Å²) in [6, 6.07) is 5.21. The second-order valence-corrected chi connectivity index (χ2v) is 12.8. The van der Waals surface area contributed by atoms with Crippen LogP contribution in [0.3, 0.4) is 0 Å². The van der Waals surface area contributed by atoms with E-state index in [0.29, 0.717) is 57.8 Å². The van der Waals surface area contributed by atoms with Crippen molar-refractivity contribution < 1.29 is 28.5 Å². The lowest BCUT2D eigenvalue weighted by atomic mass is 9.87. The topological polar surface area (TPSA) is 99.2 Å². The van der Waals surface area contributed by atoms with Gasteiger partial charge in [0.05, 0.1) is 50.7 Å². The molecule has 10 heteroatoms. The summed E-state index contributed by atoms with van der Waals surface area (Å²) in [6.45, 7) is 12.5. The fourth-order valence-electron chi connectivity index (χ4n) is 5.24. The standard InChI is InChI=1S/C32H36N2O6S2/c1-4-6-18-37-23-12-8-21(9-13-23)30(35)39-26-16-17-27(29-28(26)41-32(42-29)25(20-33)34-3)40-31(36)22-10-14-24(15-11-22)38-19-7-5-2/h16-17,21-24H,4,6,8-15,18-19H2,1-2H3/b32-25-. The molecule has 2 saturated carbocycles. The molecule has 0 spiro atoms. The second-order valence-electron chi connectivity index (χ2n) is 10.5. The van der Waals surface area contributed by atoms with Gasteiger partial charge in [0.2, 0.25) is 0 Å². The zero-order chi connectivity index (χ0) is 29.9. The molecule has 222 valence electrons. The van der Waals surface area contributed by atoms with Crippen LogP contribution in [-0.2, 0) is 19.1 Å². The molecule has 8 nitrogen and oxygen atoms in total. The Morgan fingerprint density at radius 1 is 0.929 bits per heavy atom. The van der Waals surface area contributed by atoms with E-state index in [2.05, 4.69) is 23.6 Å². The van der Waals surface area contributed by atoms with Crippen molar-refractivity contribution in [3.05, 3.63) is 33.5 Å². The summed E-state index contributed by atoms with van der Waals surface area (Å²) in [5.74, 6) is 5.32. The molecule has 3 aliphatic rings. The van der Waals surface area contributed by atoms with E-state index in [9.17, 15) is 14.9 Å². The Bertz CT molecular complexity index is 1300. The lowest BCUT2D eigenvalue weighted by Gasteiger charge is -2.27. The third kappa shape index (κ3) is 8.33. The first-order valence-corrected chi connectivity index (χ1v) is 16.2. The molecule has 42 heavy (non-hydrogen) atoms. The number of carbonyl (C=O) groups is 2. The zero-order valence-corrected chi connectivity index (χ0v) is 25.7. The first kappa shape index (κ1) is 32.0. The van der Waals surface area contributed by atoms with Gasteiger partial charge in [-0.25, -0.2) is 10.1 Å². The minimum Gasteiger partial charge on any atom is -0.425 e. The minimum absolute atomic E-state index is 0.0526. The summed E-state index contributed by atoms with van der Waals surface area (Å²) in [7, 11) is 0. The average molecular weight is 609 g/mol. The van der Waals surface area contributed by atoms with Gasteiger partial charge < -0.3 is 18.9 Å². The van der Waals surface area contributed by atoms with Gasteiger partial charge in [-0.2, -0.15) is 0 Å². The fraction of sp³-hybridized carbons (Fsp3) is 0.562. The van der Waals surface area contributed by atoms with Crippen molar-refractivity contribution in [3.8, 4) is 29.4 Å². The summed E-state index contributed by atoms with van der Waals surface area (Å²) in [5.41, 5.74) is -0.0526. The van der Waals surface area contributed by atoms with E-state index in [1.807, 2.05) is 6.07 Å². The number of carbonyl (C=O) groups excluding carboxylic acids is 2. The van der Waals surface area contributed by atoms with Crippen molar-refractivity contribution in [2.24, 2.45) is 11.8 Å². The van der Waals surface area contributed by atoms with Crippen LogP contribution in [0.1, 0.15) is 78.1 Å². The number of nitrogens with zero attached hydrogens (tertiary/aromatic N) is 2. The zero-order valence-electron chi connectivity index (χ0n) is 24.1. The predicted molar refractivity (Wildman–Crippen MR) is 160 cm³/mol. The highest BCUT2D eigenvalue weighted by Gasteiger charge is 2.34. The van der Waals surface area contributed by atoms with Crippen LogP contribution >= 0.6 is 23.5 Å². The van der Waals surface area contributed by atoms with E-state index in [4.69, 9.17) is 25.5 Å². The number of rotatable bonds is 10. The molecule has 0 aromatic heterocycles. The SMILES string of the molecule is [C-]#[N+]/C(C#N)=C1\Sc2c(OC(=O)C3CCC(OCC#CC)CC3)ccc(OC(=O)C3CCC(OCCCC)CC3)c2S1. The molecular formula is C32H36N2O6S2. The molecule has 0 radical (unpaired) electrons. The maximum absolute atomic E-state index is 13.1. The van der Waals surface area contributed by atoms with Crippen LogP contribution in [0.5, 0.6) is 11.5 Å². The highest BCUT2D eigenvalue weighted by atomic mass is 32.2. The average Bonchev–Trinajstić information content (AvgIpc) is 3.46. The largest absolute Gasteiger partial charge is 0.425 e. The van der Waals surface area contributed by atoms with Gasteiger partial charge >= 0.3 is 11.9 Å². The van der Waals surface area contributed by atoms with Crippen LogP contribution in [0, 0.1) is 41.6 Å². The van der Waals surface area contributed by atoms with Crippen LogP contribution < -0.4 is 9.47 Å². The Hall–Kier alpha value is -2.94. The molecule has 1 aromatic carbocycles. The van der Waals surface area contributed by atoms with Crippen molar-refractivity contribution in [1.29, 1.82) is 5.26 Å². The van der Waals surface area contributed by atoms with E-state index in [-0.39, 0.29) is 41.7 Å². The van der Waals surface area contributed by atoms with E-state index in [0.717, 1.165) is 45.1 Å². The van der Waals surface area contributed by atoms with Gasteiger partial charge in [-0.15, -0.1) is 5.92 Å². The summed E-state index contributed by atoms with van der Waals surface area (Å²) in [6.07, 6.45) is 8.32. The fourth-order valence-corrected chi connectivity index (χ4v) is 7.71. The number of esters is 2. The minimum atomic E-state index is -0.319. The number of thioether (sulfide) groups is 2. The molecule has 0 unspecified atom stereocenters. The monoisotopic (exact) mass is 608 g/mol. The summed E-state index contributed by atoms with van der Waals surface area (Å²) in [5, 5.41) is 9.47. The second kappa shape index (κ2) is 16.1. The number of fused-ring (bicyclic) bond motifs is 1. The maximum Gasteiger partial charge on any atom is 0.314 e. The molecule has 0 bridgehead atoms. The smallest absolute Gasteiger partial charge is 0.314 e. The van der Waals surface area contributed by atoms with E-state index < -0.39 is 0 Å². The van der Waals surface area contributed by atoms with Gasteiger partial charge in [0.25, 0.3) is 5.70 Å². The number of unbranched alkanes of at least 4 members (excludes halogenated alkanes) is 1. The molecular weight excluding hydrogens is 572 g/mol. The predicted octanol–water partition coefficient (Wildman–Crippen LogP) is 7.28. The van der Waals surface area contributed by atoms with Gasteiger partial charge in [-0.05, 0) is 76.8 Å². The number of benzene rings is 1. The van der Waals surface area contributed by atoms with Crippen LogP contribution in [0.4, 0.5) is 0 Å². The molecule has 1 aliphatic heterocycles. The van der Waals surface area contributed by atoms with Crippen LogP contribution in [-0.4, -0.2) is 37.4 Å². The number of allylic oxidation sites excluding steroid dienone is 1. The molecule has 0 amide bonds. The van der Waals surface area contributed by atoms with Gasteiger partial charge in [-0.3, -0.25) is 9.59 Å². The summed E-state index contributed by atoms with van der Waals surface area (Å²) < 4.78 is 23.9. The molecule has 0 N–H and O–H groups in total. The molecule has 2 fully saturated rings. The number of hydrogen-bond donors (Lipinski definition) is 0. The lowest BCUT2D eigenvalue weighted by molar-refractivity contribution is -0.142. The van der Waals surface area contributed by atoms with Gasteiger partial charge in [0, 0.05) is 6.61 Å². The Morgan fingerprint density at radius 2 is 1.45 bits per heavy atom. The van der Waals surface area contributed by atoms with Crippen LogP contribution in [0.25, 0.3) is 4.85 Å². The Morgan fingerprint density at radius 3 is 1.90 bits per heavy atom. The van der Waals surface area contributed by atoms with Crippen molar-refractivity contribution in [2.75, 3.05) is 13.2 Å². The molecule has 4 rings (SSSR count). The summed E-state index contributed by atoms with van der Waals surface area (Å²) >= 11 is 2.39. The molecule has 0 atom stereocenters. The van der Waals surface area contributed by atoms with E-state index in [1.54, 1.807) is 19.1 Å². The summed E-state index contributed by atoms with van der Waals surface area (Å²) in [4.78, 5) is 30.8. The Kier molecular flexibility index (Phi) is 12.2. The van der Waals surface area contributed by atoms with Gasteiger partial charge in [-0.1, -0.05) is 42.8 Å². The van der Waals surface area contributed by atoms with Crippen molar-refractivity contribution in [1.82, 2.24) is 0 Å². The van der Waals surface area contributed by atoms with Crippen molar-refractivity contribution >= 4 is 35.5 Å². The molecule has 1 aromatic rings. The Balaban J connectivity index is 1.43. The maximum atomic E-state index is 13.1. The molecule has 2 aliphatic carbocycles.